The minimum atomic E-state index is 0. The van der Waals surface area contributed by atoms with Gasteiger partial charge in [0.15, 0.2) is 0 Å². The average Bonchev–Trinajstić information content (AvgIpc) is 1.41. The first kappa shape index (κ1) is 16.7. The van der Waals surface area contributed by atoms with Gasteiger partial charge in [0, 0.05) is 0 Å². The summed E-state index contributed by atoms with van der Waals surface area (Å²) in [5.41, 5.74) is 0. The molecule has 0 bridgehead atoms. The van der Waals surface area contributed by atoms with Gasteiger partial charge in [-0.2, -0.15) is 0 Å². The van der Waals surface area contributed by atoms with Crippen LogP contribution in [0.15, 0.2) is 0 Å². The molecule has 0 amide bonds. The molecule has 0 saturated heterocycles. The van der Waals surface area contributed by atoms with Gasteiger partial charge in [0.1, 0.15) is 0 Å². The van der Waals surface area contributed by atoms with Crippen LogP contribution >= 0.6 is 0 Å². The fraction of sp³-hybridized carbons (Fsp3) is 1.00. The topological polar surface area (TPSA) is 0 Å². The van der Waals surface area contributed by atoms with Crippen molar-refractivity contribution in [1.82, 2.24) is 0 Å². The van der Waals surface area contributed by atoms with Crippen molar-refractivity contribution in [3.63, 3.8) is 0 Å². The van der Waals surface area contributed by atoms with Gasteiger partial charge >= 0.3 is 103 Å². The minimum absolute atomic E-state index is 0. The zero-order valence-corrected chi connectivity index (χ0v) is 4.12. The molecule has 0 nitrogen and oxygen atoms in total. The Morgan fingerprint density at radius 3 is 1.14 bits per heavy atom. The number of rotatable bonds is 2. The predicted octanol–water partition coefficient (Wildman–Crippen LogP) is 0.899. The molecule has 0 fully saturated rings. The molecule has 0 aliphatic heterocycles. The maximum absolute atomic E-state index is 2.21. The number of hydrogen-bond acceptors (Lipinski definition) is 0. The molecule has 0 atom stereocenters. The zero-order chi connectivity index (χ0) is 4.12. The molecule has 0 aromatic rings. The van der Waals surface area contributed by atoms with Gasteiger partial charge in [0.05, 0.1) is 0 Å². The van der Waals surface area contributed by atoms with E-state index < -0.39 is 0 Å². The Hall–Kier alpha value is 3.27. The van der Waals surface area contributed by atoms with E-state index in [1.165, 1.54) is 19.3 Å². The molecule has 36 valence electrons. The first-order chi connectivity index (χ1) is 2.41. The van der Waals surface area contributed by atoms with Crippen molar-refractivity contribution in [2.75, 3.05) is 0 Å². The van der Waals surface area contributed by atoms with E-state index in [4.69, 9.17) is 0 Å². The molecule has 7 heavy (non-hydrogen) atoms. The molecule has 0 N–H and O–H groups in total. The van der Waals surface area contributed by atoms with E-state index in [9.17, 15) is 0 Å². The molecular weight excluding hydrogens is 138 g/mol. The number of unbranched alkanes of at least 4 members (excludes halogenated alkanes) is 2. The third kappa shape index (κ3) is 17.6. The number of hydrogen-bond donors (Lipinski definition) is 0. The molecule has 0 radical (unpaired) electrons. The van der Waals surface area contributed by atoms with E-state index in [1.807, 2.05) is 0 Å². The molecule has 0 heterocycles. The van der Waals surface area contributed by atoms with E-state index in [1.54, 1.807) is 0 Å². The normalized spacial score (nSPS) is 6.00. The van der Waals surface area contributed by atoms with E-state index in [2.05, 4.69) is 13.8 Å². The van der Waals surface area contributed by atoms with Crippen LogP contribution in [-0.2, 0) is 0 Å². The zero-order valence-electron chi connectivity index (χ0n) is 4.12. The second kappa shape index (κ2) is 16.1. The molecule has 0 unspecified atom stereocenters. The first-order valence-electron chi connectivity index (χ1n) is 2.41. The molecule has 0 aromatic carbocycles. The van der Waals surface area contributed by atoms with Crippen LogP contribution in [0.2, 0.25) is 0 Å². The van der Waals surface area contributed by atoms with Gasteiger partial charge in [-0.25, -0.2) is 0 Å². The maximum atomic E-state index is 2.21. The van der Waals surface area contributed by atoms with Crippen molar-refractivity contribution in [3.8, 4) is 0 Å². The summed E-state index contributed by atoms with van der Waals surface area (Å²) in [7, 11) is 0. The fourth-order valence-corrected chi connectivity index (χ4v) is 0.354. The van der Waals surface area contributed by atoms with Crippen LogP contribution in [0.1, 0.15) is 33.1 Å². The Morgan fingerprint density at radius 2 is 1.14 bits per heavy atom. The summed E-state index contributed by atoms with van der Waals surface area (Å²) in [5.74, 6) is 0. The third-order valence-corrected chi connectivity index (χ3v) is 0.707. The van der Waals surface area contributed by atoms with Crippen molar-refractivity contribution >= 4 is 103 Å². The summed E-state index contributed by atoms with van der Waals surface area (Å²) in [6, 6.07) is 0. The summed E-state index contributed by atoms with van der Waals surface area (Å²) in [4.78, 5) is 0. The van der Waals surface area contributed by atoms with E-state index >= 15 is 0 Å². The summed E-state index contributed by atoms with van der Waals surface area (Å²) in [5, 5.41) is 0. The standard InChI is InChI=1S/C5H12.2K.2H/c1-3-5-4-2;;;;/h3-5H2,1-2H3;;;;. The molecule has 0 aliphatic carbocycles. The Morgan fingerprint density at radius 1 is 0.857 bits per heavy atom. The summed E-state index contributed by atoms with van der Waals surface area (Å²) in [6.07, 6.45) is 4.08. The van der Waals surface area contributed by atoms with E-state index in [0.717, 1.165) is 0 Å². The average molecular weight is 152 g/mol. The van der Waals surface area contributed by atoms with Crippen LogP contribution in [0.4, 0.5) is 0 Å². The van der Waals surface area contributed by atoms with Gasteiger partial charge in [-0.15, -0.1) is 0 Å². The van der Waals surface area contributed by atoms with Crippen molar-refractivity contribution in [2.24, 2.45) is 0 Å². The van der Waals surface area contributed by atoms with E-state index in [-0.39, 0.29) is 103 Å². The van der Waals surface area contributed by atoms with Gasteiger partial charge < -0.3 is 0 Å². The van der Waals surface area contributed by atoms with Crippen LogP contribution in [-0.4, -0.2) is 103 Å². The van der Waals surface area contributed by atoms with Crippen LogP contribution in [0.5, 0.6) is 0 Å². The summed E-state index contributed by atoms with van der Waals surface area (Å²) in [6.45, 7) is 4.42. The quantitative estimate of drug-likeness (QED) is 0.516. The van der Waals surface area contributed by atoms with Crippen molar-refractivity contribution in [1.29, 1.82) is 0 Å². The van der Waals surface area contributed by atoms with Crippen LogP contribution in [0, 0.1) is 0 Å². The predicted molar refractivity (Wildman–Crippen MR) is 39.5 cm³/mol. The summed E-state index contributed by atoms with van der Waals surface area (Å²) < 4.78 is 0. The second-order valence-corrected chi connectivity index (χ2v) is 1.35. The van der Waals surface area contributed by atoms with Gasteiger partial charge in [-0.3, -0.25) is 0 Å². The van der Waals surface area contributed by atoms with Gasteiger partial charge in [-0.05, 0) is 0 Å². The van der Waals surface area contributed by atoms with Crippen molar-refractivity contribution < 1.29 is 0 Å². The van der Waals surface area contributed by atoms with Crippen LogP contribution in [0.3, 0.4) is 0 Å². The first-order valence-corrected chi connectivity index (χ1v) is 2.41. The van der Waals surface area contributed by atoms with Gasteiger partial charge in [0.2, 0.25) is 0 Å². The Balaban J connectivity index is -0.0000000800. The molecule has 0 aromatic heterocycles. The van der Waals surface area contributed by atoms with Crippen LogP contribution < -0.4 is 0 Å². The molecule has 0 aliphatic rings. The second-order valence-electron chi connectivity index (χ2n) is 1.35. The van der Waals surface area contributed by atoms with E-state index in [0.29, 0.717) is 0 Å². The molecule has 0 saturated carbocycles. The molecular formula is C5H14K2. The van der Waals surface area contributed by atoms with Gasteiger partial charge in [-0.1, -0.05) is 33.1 Å². The van der Waals surface area contributed by atoms with Crippen molar-refractivity contribution in [2.45, 2.75) is 33.1 Å². The Kier molecular flexibility index (Phi) is 38.5. The van der Waals surface area contributed by atoms with Crippen LogP contribution in [0.25, 0.3) is 0 Å². The van der Waals surface area contributed by atoms with Crippen molar-refractivity contribution in [3.05, 3.63) is 0 Å². The molecule has 0 rings (SSSR count). The Labute approximate surface area is 132 Å². The molecule has 0 spiro atoms. The molecule has 2 heteroatoms. The third-order valence-electron chi connectivity index (χ3n) is 0.707. The fourth-order valence-electron chi connectivity index (χ4n) is 0.354. The Bertz CT molecular complexity index is 13.6. The van der Waals surface area contributed by atoms with Gasteiger partial charge in [0.25, 0.3) is 0 Å². The SMILES string of the molecule is CCCCC.[KH].[KH]. The summed E-state index contributed by atoms with van der Waals surface area (Å²) >= 11 is 0. The monoisotopic (exact) mass is 152 g/mol.